The highest BCUT2D eigenvalue weighted by Crippen LogP contribution is 2.28. The molecule has 16 heavy (non-hydrogen) atoms. The number of alkyl halides is 3. The molecule has 0 aliphatic heterocycles. The maximum atomic E-state index is 12.2. The summed E-state index contributed by atoms with van der Waals surface area (Å²) >= 11 is 0. The maximum absolute atomic E-state index is 12.2. The molecule has 0 spiro atoms. The molecule has 0 atom stereocenters. The Morgan fingerprint density at radius 3 is 2.06 bits per heavy atom. The van der Waals surface area contributed by atoms with Crippen LogP contribution in [0.25, 0.3) is 11.1 Å². The van der Waals surface area contributed by atoms with Crippen molar-refractivity contribution in [2.45, 2.75) is 6.18 Å². The molecular formula is C10H6F3N3. The normalized spacial score (nSPS) is 11.4. The van der Waals surface area contributed by atoms with Crippen LogP contribution in [0.3, 0.4) is 0 Å². The van der Waals surface area contributed by atoms with Crippen molar-refractivity contribution in [1.29, 1.82) is 0 Å². The molecule has 0 bridgehead atoms. The summed E-state index contributed by atoms with van der Waals surface area (Å²) in [5, 5.41) is 0. The summed E-state index contributed by atoms with van der Waals surface area (Å²) in [5.41, 5.74) is 0.269. The zero-order valence-electron chi connectivity index (χ0n) is 7.94. The molecular weight excluding hydrogens is 219 g/mol. The Morgan fingerprint density at radius 1 is 0.875 bits per heavy atom. The lowest BCUT2D eigenvalue weighted by Gasteiger charge is -2.05. The fraction of sp³-hybridized carbons (Fsp3) is 0.100. The third-order valence-electron chi connectivity index (χ3n) is 1.95. The van der Waals surface area contributed by atoms with Crippen LogP contribution in [0.5, 0.6) is 0 Å². The first kappa shape index (κ1) is 10.5. The fourth-order valence-electron chi connectivity index (χ4n) is 1.18. The monoisotopic (exact) mass is 225 g/mol. The lowest BCUT2D eigenvalue weighted by molar-refractivity contribution is -0.141. The minimum absolute atomic E-state index is 0.550. The molecule has 0 saturated carbocycles. The molecule has 82 valence electrons. The van der Waals surface area contributed by atoms with Gasteiger partial charge in [-0.1, -0.05) is 6.07 Å². The van der Waals surface area contributed by atoms with Gasteiger partial charge in [-0.15, -0.1) is 0 Å². The van der Waals surface area contributed by atoms with Crippen molar-refractivity contribution in [2.75, 3.05) is 0 Å². The molecule has 2 aromatic heterocycles. The van der Waals surface area contributed by atoms with E-state index in [9.17, 15) is 13.2 Å². The van der Waals surface area contributed by atoms with Crippen molar-refractivity contribution in [3.05, 3.63) is 42.7 Å². The highest BCUT2D eigenvalue weighted by atomic mass is 19.4. The standard InChI is InChI=1S/C10H6F3N3/c11-10(12,13)9-2-1-7(5-16-9)8-3-14-6-15-4-8/h1-6H. The first-order valence-electron chi connectivity index (χ1n) is 4.36. The molecule has 0 aliphatic rings. The zero-order chi connectivity index (χ0) is 11.6. The molecule has 2 heterocycles. The third kappa shape index (κ3) is 2.16. The number of halogens is 3. The van der Waals surface area contributed by atoms with E-state index in [1.165, 1.54) is 24.8 Å². The molecule has 0 fully saturated rings. The number of nitrogens with zero attached hydrogens (tertiary/aromatic N) is 3. The van der Waals surface area contributed by atoms with Gasteiger partial charge in [-0.3, -0.25) is 4.98 Å². The van der Waals surface area contributed by atoms with Gasteiger partial charge in [-0.2, -0.15) is 13.2 Å². The second-order valence-electron chi connectivity index (χ2n) is 3.06. The van der Waals surface area contributed by atoms with Gasteiger partial charge in [0, 0.05) is 29.7 Å². The van der Waals surface area contributed by atoms with E-state index in [-0.39, 0.29) is 0 Å². The van der Waals surface area contributed by atoms with Gasteiger partial charge < -0.3 is 0 Å². The molecule has 2 rings (SSSR count). The van der Waals surface area contributed by atoms with Crippen LogP contribution >= 0.6 is 0 Å². The Labute approximate surface area is 89.0 Å². The van der Waals surface area contributed by atoms with E-state index in [1.807, 2.05) is 0 Å². The predicted molar refractivity (Wildman–Crippen MR) is 50.3 cm³/mol. The fourth-order valence-corrected chi connectivity index (χ4v) is 1.18. The topological polar surface area (TPSA) is 38.7 Å². The van der Waals surface area contributed by atoms with Crippen LogP contribution in [-0.4, -0.2) is 15.0 Å². The van der Waals surface area contributed by atoms with Gasteiger partial charge in [-0.25, -0.2) is 9.97 Å². The van der Waals surface area contributed by atoms with Crippen LogP contribution in [0, 0.1) is 0 Å². The summed E-state index contributed by atoms with van der Waals surface area (Å²) in [4.78, 5) is 10.9. The molecule has 0 radical (unpaired) electrons. The molecule has 0 aromatic carbocycles. The lowest BCUT2D eigenvalue weighted by Crippen LogP contribution is -2.07. The van der Waals surface area contributed by atoms with Gasteiger partial charge in [0.05, 0.1) is 0 Å². The largest absolute Gasteiger partial charge is 0.433 e. The molecule has 6 heteroatoms. The molecule has 0 amide bonds. The number of aromatic nitrogens is 3. The first-order valence-corrected chi connectivity index (χ1v) is 4.36. The van der Waals surface area contributed by atoms with E-state index in [0.717, 1.165) is 12.3 Å². The predicted octanol–water partition coefficient (Wildman–Crippen LogP) is 2.56. The van der Waals surface area contributed by atoms with Gasteiger partial charge in [-0.05, 0) is 6.07 Å². The number of pyridine rings is 1. The molecule has 0 aliphatic carbocycles. The van der Waals surface area contributed by atoms with Gasteiger partial charge >= 0.3 is 6.18 Å². The Hall–Kier alpha value is -1.98. The number of rotatable bonds is 1. The zero-order valence-corrected chi connectivity index (χ0v) is 7.94. The Kier molecular flexibility index (Phi) is 2.55. The quantitative estimate of drug-likeness (QED) is 0.748. The Bertz CT molecular complexity index is 465. The second kappa shape index (κ2) is 3.88. The summed E-state index contributed by atoms with van der Waals surface area (Å²) in [6.07, 6.45) is 1.11. The van der Waals surface area contributed by atoms with Gasteiger partial charge in [0.25, 0.3) is 0 Å². The first-order chi connectivity index (χ1) is 7.57. The van der Waals surface area contributed by atoms with Crippen molar-refractivity contribution in [3.63, 3.8) is 0 Å². The molecule has 3 nitrogen and oxygen atoms in total. The van der Waals surface area contributed by atoms with Crippen LogP contribution in [0.1, 0.15) is 5.69 Å². The third-order valence-corrected chi connectivity index (χ3v) is 1.95. The van der Waals surface area contributed by atoms with E-state index >= 15 is 0 Å². The lowest BCUT2D eigenvalue weighted by atomic mass is 10.1. The smallest absolute Gasteiger partial charge is 0.251 e. The summed E-state index contributed by atoms with van der Waals surface area (Å²) in [6.45, 7) is 0. The molecule has 0 N–H and O–H groups in total. The van der Waals surface area contributed by atoms with E-state index in [4.69, 9.17) is 0 Å². The minimum atomic E-state index is -4.41. The van der Waals surface area contributed by atoms with Gasteiger partial charge in [0.1, 0.15) is 12.0 Å². The number of hydrogen-bond donors (Lipinski definition) is 0. The Balaban J connectivity index is 2.34. The Morgan fingerprint density at radius 2 is 1.56 bits per heavy atom. The van der Waals surface area contributed by atoms with Crippen molar-refractivity contribution in [2.24, 2.45) is 0 Å². The van der Waals surface area contributed by atoms with Crippen LogP contribution < -0.4 is 0 Å². The van der Waals surface area contributed by atoms with Crippen LogP contribution in [-0.2, 0) is 6.18 Å². The highest BCUT2D eigenvalue weighted by molar-refractivity contribution is 5.60. The van der Waals surface area contributed by atoms with Crippen molar-refractivity contribution >= 4 is 0 Å². The van der Waals surface area contributed by atoms with Crippen molar-refractivity contribution < 1.29 is 13.2 Å². The highest BCUT2D eigenvalue weighted by Gasteiger charge is 2.31. The van der Waals surface area contributed by atoms with E-state index < -0.39 is 11.9 Å². The van der Waals surface area contributed by atoms with Crippen molar-refractivity contribution in [1.82, 2.24) is 15.0 Å². The summed E-state index contributed by atoms with van der Waals surface area (Å²) in [7, 11) is 0. The van der Waals surface area contributed by atoms with E-state index in [0.29, 0.717) is 11.1 Å². The van der Waals surface area contributed by atoms with Gasteiger partial charge in [0.2, 0.25) is 0 Å². The maximum Gasteiger partial charge on any atom is 0.433 e. The van der Waals surface area contributed by atoms with Crippen LogP contribution in [0.4, 0.5) is 13.2 Å². The van der Waals surface area contributed by atoms with Crippen LogP contribution in [0.15, 0.2) is 37.1 Å². The number of hydrogen-bond acceptors (Lipinski definition) is 3. The summed E-state index contributed by atoms with van der Waals surface area (Å²) in [6, 6.07) is 2.27. The molecule has 2 aromatic rings. The summed E-state index contributed by atoms with van der Waals surface area (Å²) < 4.78 is 36.7. The van der Waals surface area contributed by atoms with Gasteiger partial charge in [0.15, 0.2) is 0 Å². The SMILES string of the molecule is FC(F)(F)c1ccc(-c2cncnc2)cn1. The average molecular weight is 225 g/mol. The van der Waals surface area contributed by atoms with E-state index in [1.54, 1.807) is 0 Å². The molecule has 0 unspecified atom stereocenters. The van der Waals surface area contributed by atoms with Crippen molar-refractivity contribution in [3.8, 4) is 11.1 Å². The van der Waals surface area contributed by atoms with Crippen LogP contribution in [0.2, 0.25) is 0 Å². The van der Waals surface area contributed by atoms with E-state index in [2.05, 4.69) is 15.0 Å². The second-order valence-corrected chi connectivity index (χ2v) is 3.06. The summed E-state index contributed by atoms with van der Waals surface area (Å²) in [5.74, 6) is 0. The average Bonchev–Trinajstić information content (AvgIpc) is 2.29. The minimum Gasteiger partial charge on any atom is -0.251 e. The molecule has 0 saturated heterocycles.